The number of nitrogens with two attached hydrogens (primary N) is 1. The zero-order valence-corrected chi connectivity index (χ0v) is 5.13. The van der Waals surface area contributed by atoms with Gasteiger partial charge in [-0.2, -0.15) is 0 Å². The molecule has 1 aromatic rings. The third-order valence-electron chi connectivity index (χ3n) is 0.620. The molecule has 0 radical (unpaired) electrons. The van der Waals surface area contributed by atoms with Gasteiger partial charge >= 0.3 is 0 Å². The van der Waals surface area contributed by atoms with Crippen molar-refractivity contribution in [3.63, 3.8) is 0 Å². The summed E-state index contributed by atoms with van der Waals surface area (Å²) in [6.07, 6.45) is 2.97. The minimum atomic E-state index is 0.0375. The van der Waals surface area contributed by atoms with E-state index in [0.29, 0.717) is 5.69 Å². The summed E-state index contributed by atoms with van der Waals surface area (Å²) in [5, 5.41) is 0. The topological polar surface area (TPSA) is 52.3 Å². The van der Waals surface area contributed by atoms with Crippen LogP contribution in [0.1, 0.15) is 0 Å². The van der Waals surface area contributed by atoms with Crippen LogP contribution in [0.25, 0.3) is 0 Å². The molecule has 3 nitrogen and oxygen atoms in total. The van der Waals surface area contributed by atoms with Gasteiger partial charge in [-0.05, 0) is 6.07 Å². The van der Waals surface area contributed by atoms with E-state index in [1.807, 2.05) is 0 Å². The fraction of sp³-hybridized carbons (Fsp3) is 0. The minimum Gasteiger partial charge on any atom is -0.430 e. The van der Waals surface area contributed by atoms with Gasteiger partial charge < -0.3 is 14.1 Å². The van der Waals surface area contributed by atoms with Gasteiger partial charge in [0.05, 0.1) is 12.0 Å². The Morgan fingerprint density at radius 3 is 3.25 bits per heavy atom. The normalized spacial score (nSPS) is 9.50. The lowest BCUT2D eigenvalue weighted by molar-refractivity contribution is 0.609. The van der Waals surface area contributed by atoms with Gasteiger partial charge in [-0.15, -0.1) is 0 Å². The molecule has 1 aromatic heterocycles. The van der Waals surface area contributed by atoms with Crippen LogP contribution in [-0.2, 0) is 0 Å². The van der Waals surface area contributed by atoms with Crippen molar-refractivity contribution in [2.75, 3.05) is 5.73 Å². The maximum absolute atomic E-state index is 5.31. The third-order valence-corrected chi connectivity index (χ3v) is 1.07. The van der Waals surface area contributed by atoms with E-state index in [4.69, 9.17) is 14.1 Å². The first-order valence-corrected chi connectivity index (χ1v) is 2.90. The molecule has 0 fully saturated rings. The Kier molecular flexibility index (Phi) is 1.65. The van der Waals surface area contributed by atoms with Crippen molar-refractivity contribution in [2.45, 2.75) is 0 Å². The Bertz CT molecular complexity index is 168. The smallest absolute Gasteiger partial charge is 0.200 e. The average molecular weight is 131 g/mol. The number of hydrogen-bond acceptors (Lipinski definition) is 3. The quantitative estimate of drug-likeness (QED) is 0.581. The molecule has 0 amide bonds. The highest BCUT2D eigenvalue weighted by molar-refractivity contribution is 7.15. The van der Waals surface area contributed by atoms with Gasteiger partial charge in [0.15, 0.2) is 0 Å². The summed E-state index contributed by atoms with van der Waals surface area (Å²) in [5.41, 5.74) is 5.89. The molecule has 0 aliphatic rings. The molecule has 1 heterocycles. The molecule has 8 heavy (non-hydrogen) atoms. The molecule has 1 unspecified atom stereocenters. The number of hydrogen-bond donors (Lipinski definition) is 1. The minimum absolute atomic E-state index is 0.0375. The second-order valence-electron chi connectivity index (χ2n) is 1.24. The predicted octanol–water partition coefficient (Wildman–Crippen LogP) is 1.61. The Morgan fingerprint density at radius 2 is 2.38 bits per heavy atom. The SMILES string of the molecule is Nc1cco[pH]oc1. The van der Waals surface area contributed by atoms with Crippen molar-refractivity contribution >= 4 is 14.4 Å². The molecule has 44 valence electrons. The van der Waals surface area contributed by atoms with Gasteiger partial charge in [-0.25, -0.2) is 0 Å². The molecule has 0 aromatic carbocycles. The Morgan fingerprint density at radius 1 is 1.50 bits per heavy atom. The fourth-order valence-corrected chi connectivity index (χ4v) is 0.663. The molecular weight excluding hydrogens is 125 g/mol. The predicted molar refractivity (Wildman–Crippen MR) is 32.5 cm³/mol. The molecule has 0 spiro atoms. The highest BCUT2D eigenvalue weighted by Gasteiger charge is 1.74. The van der Waals surface area contributed by atoms with Crippen LogP contribution in [0.3, 0.4) is 0 Å². The van der Waals surface area contributed by atoms with E-state index in [1.165, 1.54) is 12.5 Å². The van der Waals surface area contributed by atoms with Crippen LogP contribution in [0, 0.1) is 0 Å². The summed E-state index contributed by atoms with van der Waals surface area (Å²) < 4.78 is 9.52. The number of rotatable bonds is 0. The molecule has 1 atom stereocenters. The molecule has 0 aliphatic carbocycles. The van der Waals surface area contributed by atoms with E-state index in [0.717, 1.165) is 0 Å². The van der Waals surface area contributed by atoms with Crippen molar-refractivity contribution in [1.29, 1.82) is 0 Å². The largest absolute Gasteiger partial charge is 0.430 e. The number of nitrogen functional groups attached to an aromatic ring is 1. The van der Waals surface area contributed by atoms with Crippen molar-refractivity contribution in [3.8, 4) is 0 Å². The lowest BCUT2D eigenvalue weighted by Gasteiger charge is -1.73. The summed E-state index contributed by atoms with van der Waals surface area (Å²) >= 11 is 0. The third kappa shape index (κ3) is 1.35. The lowest BCUT2D eigenvalue weighted by atomic mass is 10.5. The summed E-state index contributed by atoms with van der Waals surface area (Å²) in [7, 11) is 0.0375. The second-order valence-corrected chi connectivity index (χ2v) is 1.88. The Labute approximate surface area is 48.1 Å². The molecule has 0 bridgehead atoms. The van der Waals surface area contributed by atoms with Gasteiger partial charge in [-0.1, -0.05) is 0 Å². The number of anilines is 1. The first-order chi connectivity index (χ1) is 3.89. The monoisotopic (exact) mass is 131 g/mol. The molecule has 0 aliphatic heterocycles. The van der Waals surface area contributed by atoms with Crippen LogP contribution in [0.2, 0.25) is 0 Å². The molecule has 0 saturated heterocycles. The Hall–Kier alpha value is -0.820. The van der Waals surface area contributed by atoms with Crippen LogP contribution in [0.15, 0.2) is 27.0 Å². The summed E-state index contributed by atoms with van der Waals surface area (Å²) in [6.45, 7) is 0. The highest BCUT2D eigenvalue weighted by Crippen LogP contribution is 2.04. The zero-order chi connectivity index (χ0) is 5.82. The average Bonchev–Trinajstić information content (AvgIpc) is 1.94. The van der Waals surface area contributed by atoms with Gasteiger partial charge in [0.2, 0.25) is 8.67 Å². The highest BCUT2D eigenvalue weighted by atomic mass is 31.1. The molecule has 1 rings (SSSR count). The maximum Gasteiger partial charge on any atom is 0.200 e. The van der Waals surface area contributed by atoms with E-state index < -0.39 is 0 Å². The van der Waals surface area contributed by atoms with Crippen LogP contribution < -0.4 is 5.73 Å². The molecule has 4 heteroatoms. The van der Waals surface area contributed by atoms with Gasteiger partial charge in [0, 0.05) is 0 Å². The van der Waals surface area contributed by atoms with Crippen LogP contribution >= 0.6 is 8.67 Å². The van der Waals surface area contributed by atoms with E-state index in [1.54, 1.807) is 6.07 Å². The van der Waals surface area contributed by atoms with Crippen molar-refractivity contribution < 1.29 is 8.39 Å². The van der Waals surface area contributed by atoms with Crippen LogP contribution in [-0.4, -0.2) is 0 Å². The Balaban J connectivity index is 3.12. The van der Waals surface area contributed by atoms with Crippen LogP contribution in [0.4, 0.5) is 5.69 Å². The molecular formula is C4H6NO2P. The van der Waals surface area contributed by atoms with E-state index in [-0.39, 0.29) is 8.67 Å². The summed E-state index contributed by atoms with van der Waals surface area (Å²) in [5.74, 6) is 0. The van der Waals surface area contributed by atoms with Gasteiger partial charge in [0.1, 0.15) is 6.26 Å². The van der Waals surface area contributed by atoms with Crippen molar-refractivity contribution in [2.24, 2.45) is 0 Å². The van der Waals surface area contributed by atoms with E-state index in [2.05, 4.69) is 0 Å². The van der Waals surface area contributed by atoms with Gasteiger partial charge in [0.25, 0.3) is 0 Å². The zero-order valence-electron chi connectivity index (χ0n) is 4.13. The molecule has 0 saturated carbocycles. The first kappa shape index (κ1) is 5.32. The lowest BCUT2D eigenvalue weighted by Crippen LogP contribution is -1.76. The summed E-state index contributed by atoms with van der Waals surface area (Å²) in [4.78, 5) is 0. The van der Waals surface area contributed by atoms with E-state index >= 15 is 0 Å². The second kappa shape index (κ2) is 2.48. The standard InChI is InChI=1S/C4H6NO2P/c5-4-1-2-6-8-7-3-4/h1-3,8H,5H2. The summed E-state index contributed by atoms with van der Waals surface area (Å²) in [6, 6.07) is 1.64. The van der Waals surface area contributed by atoms with Gasteiger partial charge in [-0.3, -0.25) is 0 Å². The van der Waals surface area contributed by atoms with Crippen molar-refractivity contribution in [3.05, 3.63) is 18.6 Å². The van der Waals surface area contributed by atoms with E-state index in [9.17, 15) is 0 Å². The molecule has 2 N–H and O–H groups in total. The maximum atomic E-state index is 5.31. The first-order valence-electron chi connectivity index (χ1n) is 2.08. The fourth-order valence-electron chi connectivity index (χ4n) is 0.300. The van der Waals surface area contributed by atoms with Crippen molar-refractivity contribution in [1.82, 2.24) is 0 Å². The van der Waals surface area contributed by atoms with Crippen LogP contribution in [0.5, 0.6) is 0 Å².